The summed E-state index contributed by atoms with van der Waals surface area (Å²) in [5, 5.41) is 10.3. The number of halogens is 5. The molecule has 162 valence electrons. The molecule has 0 bridgehead atoms. The van der Waals surface area contributed by atoms with Gasteiger partial charge < -0.3 is 14.9 Å². The monoisotopic (exact) mass is 508 g/mol. The van der Waals surface area contributed by atoms with Crippen molar-refractivity contribution in [2.75, 3.05) is 19.6 Å². The lowest BCUT2D eigenvalue weighted by molar-refractivity contribution is -0.136. The Bertz CT molecular complexity index is 1030. The molecule has 2 amide bonds. The highest BCUT2D eigenvalue weighted by molar-refractivity contribution is 9.10. The van der Waals surface area contributed by atoms with E-state index >= 15 is 0 Å². The van der Waals surface area contributed by atoms with Crippen LogP contribution in [0.5, 0.6) is 0 Å². The number of aromatic nitrogens is 2. The van der Waals surface area contributed by atoms with Crippen molar-refractivity contribution in [3.8, 4) is 0 Å². The van der Waals surface area contributed by atoms with E-state index in [1.165, 1.54) is 11.1 Å². The van der Waals surface area contributed by atoms with Gasteiger partial charge in [0.25, 0.3) is 5.91 Å². The van der Waals surface area contributed by atoms with Crippen LogP contribution < -0.4 is 0 Å². The third kappa shape index (κ3) is 3.67. The largest absolute Gasteiger partial charge is 0.420 e. The predicted molar refractivity (Wildman–Crippen MR) is 104 cm³/mol. The van der Waals surface area contributed by atoms with Gasteiger partial charge in [-0.3, -0.25) is 14.0 Å². The van der Waals surface area contributed by atoms with E-state index in [0.717, 1.165) is 16.9 Å². The Labute approximate surface area is 182 Å². The smallest absolute Gasteiger partial charge is 0.389 e. The number of pyridine rings is 1. The number of nitrogens with zero attached hydrogens (tertiary/aromatic N) is 4. The normalized spacial score (nSPS) is 22.9. The lowest BCUT2D eigenvalue weighted by atomic mass is 10.00. The van der Waals surface area contributed by atoms with Crippen molar-refractivity contribution in [3.63, 3.8) is 0 Å². The highest BCUT2D eigenvalue weighted by atomic mass is 79.9. The summed E-state index contributed by atoms with van der Waals surface area (Å²) in [5.74, 6) is -0.689. The number of amides is 2. The molecule has 1 N–H and O–H groups in total. The molecule has 4 heterocycles. The van der Waals surface area contributed by atoms with Crippen LogP contribution in [0.4, 0.5) is 13.2 Å². The fourth-order valence-electron chi connectivity index (χ4n) is 4.07. The lowest BCUT2D eigenvalue weighted by Crippen LogP contribution is -2.55. The number of alkyl halides is 3. The number of likely N-dealkylation sites (tertiary alicyclic amines) is 2. The van der Waals surface area contributed by atoms with Gasteiger partial charge in [-0.25, -0.2) is 4.98 Å². The van der Waals surface area contributed by atoms with Crippen molar-refractivity contribution >= 4 is 45.0 Å². The minimum absolute atomic E-state index is 0.0209. The zero-order valence-corrected chi connectivity index (χ0v) is 17.8. The number of carbonyl (C=O) groups excluding carboxylic acids is 2. The van der Waals surface area contributed by atoms with Gasteiger partial charge in [0.2, 0.25) is 5.91 Å². The van der Waals surface area contributed by atoms with E-state index in [0.29, 0.717) is 19.4 Å². The van der Waals surface area contributed by atoms with Crippen LogP contribution >= 0.6 is 27.5 Å². The second-order valence-corrected chi connectivity index (χ2v) is 8.65. The number of piperidine rings is 1. The number of hydrogen-bond acceptors (Lipinski definition) is 4. The van der Waals surface area contributed by atoms with E-state index < -0.39 is 29.4 Å². The van der Waals surface area contributed by atoms with Crippen molar-refractivity contribution in [3.05, 3.63) is 33.1 Å². The molecule has 12 heteroatoms. The van der Waals surface area contributed by atoms with E-state index in [2.05, 4.69) is 20.9 Å². The third-order valence-electron chi connectivity index (χ3n) is 5.48. The maximum atomic E-state index is 13.4. The number of fused-ring (bicyclic) bond motifs is 1. The van der Waals surface area contributed by atoms with E-state index in [9.17, 15) is 27.9 Å². The van der Waals surface area contributed by atoms with Gasteiger partial charge in [-0.1, -0.05) is 11.6 Å². The van der Waals surface area contributed by atoms with Gasteiger partial charge in [0.15, 0.2) is 11.3 Å². The third-order valence-corrected chi connectivity index (χ3v) is 6.28. The Kier molecular flexibility index (Phi) is 5.48. The molecular weight excluding hydrogens is 493 g/mol. The highest BCUT2D eigenvalue weighted by Crippen LogP contribution is 2.36. The molecule has 0 aromatic carbocycles. The fraction of sp³-hybridized carbons (Fsp3) is 0.500. The summed E-state index contributed by atoms with van der Waals surface area (Å²) in [6, 6.07) is 0.489. The summed E-state index contributed by atoms with van der Waals surface area (Å²) in [5.41, 5.74) is -1.82. The molecule has 0 spiro atoms. The van der Waals surface area contributed by atoms with Crippen molar-refractivity contribution < 1.29 is 27.9 Å². The van der Waals surface area contributed by atoms with Gasteiger partial charge in [-0.2, -0.15) is 13.2 Å². The SMILES string of the molecule is O=C(c1nc2c(C(F)(F)F)cc(Br)cn2c1Cl)N1CCC(N2CCCC2=O)[C@@H](O)C1. The molecule has 0 saturated carbocycles. The summed E-state index contributed by atoms with van der Waals surface area (Å²) >= 11 is 9.22. The molecule has 2 aliphatic heterocycles. The summed E-state index contributed by atoms with van der Waals surface area (Å²) in [6.07, 6.45) is -2.80. The average Bonchev–Trinajstić information content (AvgIpc) is 3.23. The molecule has 30 heavy (non-hydrogen) atoms. The van der Waals surface area contributed by atoms with Crippen molar-refractivity contribution in [2.24, 2.45) is 0 Å². The first-order valence-corrected chi connectivity index (χ1v) is 10.5. The Morgan fingerprint density at radius 3 is 2.67 bits per heavy atom. The Morgan fingerprint density at radius 2 is 2.07 bits per heavy atom. The van der Waals surface area contributed by atoms with Crippen LogP contribution in [0, 0.1) is 0 Å². The zero-order chi connectivity index (χ0) is 21.8. The predicted octanol–water partition coefficient (Wildman–Crippen LogP) is 2.97. The summed E-state index contributed by atoms with van der Waals surface area (Å²) in [4.78, 5) is 31.7. The average molecular weight is 510 g/mol. The molecule has 0 radical (unpaired) electrons. The molecule has 2 saturated heterocycles. The van der Waals surface area contributed by atoms with E-state index in [4.69, 9.17) is 11.6 Å². The van der Waals surface area contributed by atoms with Gasteiger partial charge in [0.1, 0.15) is 5.15 Å². The Balaban J connectivity index is 1.61. The van der Waals surface area contributed by atoms with E-state index in [1.807, 2.05) is 0 Å². The number of hydrogen-bond donors (Lipinski definition) is 1. The van der Waals surface area contributed by atoms with Crippen molar-refractivity contribution in [1.82, 2.24) is 19.2 Å². The quantitative estimate of drug-likeness (QED) is 0.675. The molecule has 2 aliphatic rings. The lowest BCUT2D eigenvalue weighted by Gasteiger charge is -2.40. The van der Waals surface area contributed by atoms with Gasteiger partial charge >= 0.3 is 6.18 Å². The minimum atomic E-state index is -4.68. The van der Waals surface area contributed by atoms with E-state index in [1.54, 1.807) is 4.90 Å². The molecule has 2 aromatic heterocycles. The van der Waals surface area contributed by atoms with Crippen LogP contribution in [-0.4, -0.2) is 67.9 Å². The summed E-state index contributed by atoms with van der Waals surface area (Å²) < 4.78 is 41.3. The van der Waals surface area contributed by atoms with Gasteiger partial charge in [-0.05, 0) is 34.8 Å². The topological polar surface area (TPSA) is 78.2 Å². The maximum Gasteiger partial charge on any atom is 0.420 e. The molecule has 7 nitrogen and oxygen atoms in total. The molecule has 4 rings (SSSR count). The fourth-order valence-corrected chi connectivity index (χ4v) is 4.75. The van der Waals surface area contributed by atoms with Crippen LogP contribution in [-0.2, 0) is 11.0 Å². The first-order valence-electron chi connectivity index (χ1n) is 9.29. The Hall–Kier alpha value is -1.85. The molecular formula is C18H17BrClF3N4O3. The first kappa shape index (κ1) is 21.4. The number of imidazole rings is 1. The molecule has 2 fully saturated rings. The van der Waals surface area contributed by atoms with Crippen LogP contribution in [0.3, 0.4) is 0 Å². The molecule has 2 atom stereocenters. The standard InChI is InChI=1S/C18H17BrClF3N4O3/c19-9-6-10(18(21,22)23)16-24-14(15(20)27(16)7-9)17(30)25-5-3-11(12(28)8-25)26-4-1-2-13(26)29/h6-7,11-12,28H,1-5,8H2/t11?,12-/m0/s1. The van der Waals surface area contributed by atoms with Crippen LogP contribution in [0.2, 0.25) is 5.15 Å². The van der Waals surface area contributed by atoms with Crippen LogP contribution in [0.1, 0.15) is 35.3 Å². The highest BCUT2D eigenvalue weighted by Gasteiger charge is 2.40. The maximum absolute atomic E-state index is 13.4. The number of carbonyl (C=O) groups is 2. The number of β-amino-alcohol motifs (C(OH)–C–C–N with tert-alkyl or cyclic N) is 1. The second kappa shape index (κ2) is 7.69. The molecule has 2 aromatic rings. The zero-order valence-electron chi connectivity index (χ0n) is 15.5. The first-order chi connectivity index (χ1) is 14.1. The van der Waals surface area contributed by atoms with Gasteiger partial charge in [0, 0.05) is 36.7 Å². The molecule has 0 aliphatic carbocycles. The van der Waals surface area contributed by atoms with Gasteiger partial charge in [0.05, 0.1) is 17.7 Å². The Morgan fingerprint density at radius 1 is 1.33 bits per heavy atom. The number of aliphatic hydroxyl groups is 1. The molecule has 1 unspecified atom stereocenters. The second-order valence-electron chi connectivity index (χ2n) is 7.38. The number of rotatable bonds is 2. The summed E-state index contributed by atoms with van der Waals surface area (Å²) in [6.45, 7) is 0.736. The van der Waals surface area contributed by atoms with E-state index in [-0.39, 0.29) is 40.4 Å². The minimum Gasteiger partial charge on any atom is -0.389 e. The van der Waals surface area contributed by atoms with Gasteiger partial charge in [-0.15, -0.1) is 0 Å². The van der Waals surface area contributed by atoms with Crippen molar-refractivity contribution in [1.29, 1.82) is 0 Å². The van der Waals surface area contributed by atoms with Crippen LogP contribution in [0.15, 0.2) is 16.7 Å². The number of aliphatic hydroxyl groups excluding tert-OH is 1. The summed E-state index contributed by atoms with van der Waals surface area (Å²) in [7, 11) is 0. The van der Waals surface area contributed by atoms with Crippen LogP contribution in [0.25, 0.3) is 5.65 Å². The van der Waals surface area contributed by atoms with Crippen molar-refractivity contribution in [2.45, 2.75) is 37.6 Å².